The molecule has 1 fully saturated rings. The number of methoxy groups -OCH3 is 1. The number of ether oxygens (including phenoxy) is 2. The zero-order chi connectivity index (χ0) is 24.2. The van der Waals surface area contributed by atoms with Crippen molar-refractivity contribution in [3.8, 4) is 5.75 Å². The van der Waals surface area contributed by atoms with Crippen molar-refractivity contribution in [2.75, 3.05) is 18.6 Å². The molecule has 4 rings (SSSR count). The highest BCUT2D eigenvalue weighted by Crippen LogP contribution is 2.42. The van der Waals surface area contributed by atoms with Crippen molar-refractivity contribution in [3.63, 3.8) is 0 Å². The summed E-state index contributed by atoms with van der Waals surface area (Å²) in [4.78, 5) is 39.7. The van der Waals surface area contributed by atoms with Gasteiger partial charge < -0.3 is 14.6 Å². The van der Waals surface area contributed by atoms with Crippen molar-refractivity contribution < 1.29 is 29.0 Å². The van der Waals surface area contributed by atoms with Gasteiger partial charge in [-0.15, -0.1) is 0 Å². The Hall–Kier alpha value is -4.39. The summed E-state index contributed by atoms with van der Waals surface area (Å²) in [5.74, 6) is -1.85. The van der Waals surface area contributed by atoms with Crippen LogP contribution in [0.4, 0.5) is 5.69 Å². The Labute approximate surface area is 196 Å². The first-order valence-corrected chi connectivity index (χ1v) is 10.7. The Balaban J connectivity index is 1.85. The molecule has 0 aliphatic carbocycles. The van der Waals surface area contributed by atoms with Crippen molar-refractivity contribution in [1.29, 1.82) is 0 Å². The summed E-state index contributed by atoms with van der Waals surface area (Å²) >= 11 is 0. The van der Waals surface area contributed by atoms with Gasteiger partial charge in [0, 0.05) is 11.3 Å². The number of anilines is 1. The second-order valence-corrected chi connectivity index (χ2v) is 7.58. The van der Waals surface area contributed by atoms with Crippen molar-refractivity contribution in [1.82, 2.24) is 0 Å². The number of ketones is 1. The largest absolute Gasteiger partial charge is 0.507 e. The highest BCUT2D eigenvalue weighted by molar-refractivity contribution is 6.51. The van der Waals surface area contributed by atoms with Crippen molar-refractivity contribution in [3.05, 3.63) is 101 Å². The third-order valence-corrected chi connectivity index (χ3v) is 5.56. The molecule has 3 aromatic carbocycles. The van der Waals surface area contributed by atoms with Crippen LogP contribution in [-0.4, -0.2) is 36.5 Å². The molecule has 1 amide bonds. The number of aliphatic hydroxyl groups is 1. The molecule has 7 heteroatoms. The highest BCUT2D eigenvalue weighted by atomic mass is 16.5. The zero-order valence-electron chi connectivity index (χ0n) is 18.7. The van der Waals surface area contributed by atoms with Gasteiger partial charge in [-0.05, 0) is 48.9 Å². The monoisotopic (exact) mass is 457 g/mol. The molecule has 1 saturated heterocycles. The first-order valence-electron chi connectivity index (χ1n) is 10.7. The average molecular weight is 457 g/mol. The Morgan fingerprint density at radius 1 is 0.941 bits per heavy atom. The number of carbonyl (C=O) groups is 3. The van der Waals surface area contributed by atoms with Gasteiger partial charge in [0.05, 0.1) is 30.9 Å². The SMILES string of the molecule is CCOC(=O)c1ccc(N2C(=O)C(=O)C(=C(O)c3cccc(OC)c3)C2c2ccccc2)cc1. The van der Waals surface area contributed by atoms with Crippen LogP contribution in [0.3, 0.4) is 0 Å². The van der Waals surface area contributed by atoms with Crippen LogP contribution in [0.15, 0.2) is 84.4 Å². The molecule has 0 spiro atoms. The normalized spacial score (nSPS) is 17.0. The maximum atomic E-state index is 13.2. The van der Waals surface area contributed by atoms with Crippen LogP contribution in [0.5, 0.6) is 5.75 Å². The molecule has 1 N–H and O–H groups in total. The number of esters is 1. The third-order valence-electron chi connectivity index (χ3n) is 5.56. The van der Waals surface area contributed by atoms with Crippen LogP contribution in [-0.2, 0) is 14.3 Å². The molecular formula is C27H23NO6. The second-order valence-electron chi connectivity index (χ2n) is 7.58. The van der Waals surface area contributed by atoms with Gasteiger partial charge in [-0.1, -0.05) is 42.5 Å². The number of Topliss-reactive ketones (excluding diaryl/α,β-unsaturated/α-hetero) is 1. The lowest BCUT2D eigenvalue weighted by Crippen LogP contribution is -2.29. The van der Waals surface area contributed by atoms with Crippen molar-refractivity contribution in [2.45, 2.75) is 13.0 Å². The topological polar surface area (TPSA) is 93.1 Å². The summed E-state index contributed by atoms with van der Waals surface area (Å²) in [7, 11) is 1.50. The number of nitrogens with zero attached hydrogens (tertiary/aromatic N) is 1. The molecule has 1 unspecified atom stereocenters. The number of aliphatic hydroxyl groups excluding tert-OH is 1. The predicted molar refractivity (Wildman–Crippen MR) is 127 cm³/mol. The Morgan fingerprint density at radius 3 is 2.29 bits per heavy atom. The maximum Gasteiger partial charge on any atom is 0.338 e. The van der Waals surface area contributed by atoms with Gasteiger partial charge in [0.25, 0.3) is 11.7 Å². The van der Waals surface area contributed by atoms with Gasteiger partial charge in [-0.25, -0.2) is 4.79 Å². The number of hydrogen-bond donors (Lipinski definition) is 1. The van der Waals surface area contributed by atoms with E-state index in [4.69, 9.17) is 9.47 Å². The quantitative estimate of drug-likeness (QED) is 0.254. The summed E-state index contributed by atoms with van der Waals surface area (Å²) in [6.07, 6.45) is 0. The fourth-order valence-electron chi connectivity index (χ4n) is 3.95. The van der Waals surface area contributed by atoms with Gasteiger partial charge in [0.1, 0.15) is 11.5 Å². The lowest BCUT2D eigenvalue weighted by molar-refractivity contribution is -0.132. The number of carbonyl (C=O) groups excluding carboxylic acids is 3. The summed E-state index contributed by atoms with van der Waals surface area (Å²) in [5.41, 5.74) is 1.72. The van der Waals surface area contributed by atoms with Crippen molar-refractivity contribution >= 4 is 29.1 Å². The van der Waals surface area contributed by atoms with Crippen LogP contribution in [0, 0.1) is 0 Å². The lowest BCUT2D eigenvalue weighted by Gasteiger charge is -2.25. The molecule has 172 valence electrons. The lowest BCUT2D eigenvalue weighted by atomic mass is 9.95. The molecule has 0 bridgehead atoms. The van der Waals surface area contributed by atoms with E-state index >= 15 is 0 Å². The number of hydrogen-bond acceptors (Lipinski definition) is 6. The van der Waals surface area contributed by atoms with Crippen LogP contribution in [0.2, 0.25) is 0 Å². The van der Waals surface area contributed by atoms with Gasteiger partial charge in [0.2, 0.25) is 0 Å². The maximum absolute atomic E-state index is 13.2. The first kappa shape index (κ1) is 22.8. The van der Waals surface area contributed by atoms with E-state index in [1.807, 2.05) is 6.07 Å². The summed E-state index contributed by atoms with van der Waals surface area (Å²) in [5, 5.41) is 11.2. The molecule has 3 aromatic rings. The van der Waals surface area contributed by atoms with E-state index in [0.717, 1.165) is 0 Å². The van der Waals surface area contributed by atoms with E-state index in [1.54, 1.807) is 67.6 Å². The minimum absolute atomic E-state index is 0.0288. The van der Waals surface area contributed by atoms with Gasteiger partial charge in [0.15, 0.2) is 0 Å². The van der Waals surface area contributed by atoms with E-state index < -0.39 is 23.7 Å². The Bertz CT molecular complexity index is 1260. The van der Waals surface area contributed by atoms with Crippen molar-refractivity contribution in [2.24, 2.45) is 0 Å². The van der Waals surface area contributed by atoms with Crippen LogP contribution in [0.1, 0.15) is 34.5 Å². The fraction of sp³-hybridized carbons (Fsp3) is 0.148. The Kier molecular flexibility index (Phi) is 6.45. The molecule has 0 aromatic heterocycles. The minimum Gasteiger partial charge on any atom is -0.507 e. The molecule has 34 heavy (non-hydrogen) atoms. The highest BCUT2D eigenvalue weighted by Gasteiger charge is 2.46. The minimum atomic E-state index is -0.860. The molecule has 0 saturated carbocycles. The molecule has 1 aliphatic rings. The van der Waals surface area contributed by atoms with Gasteiger partial charge >= 0.3 is 5.97 Å². The second kappa shape index (κ2) is 9.62. The summed E-state index contributed by atoms with van der Waals surface area (Å²) in [6.45, 7) is 1.96. The zero-order valence-corrected chi connectivity index (χ0v) is 18.7. The molecule has 1 heterocycles. The van der Waals surface area contributed by atoms with E-state index in [2.05, 4.69) is 0 Å². The Morgan fingerprint density at radius 2 is 1.65 bits per heavy atom. The molecular weight excluding hydrogens is 434 g/mol. The van der Waals surface area contributed by atoms with Crippen LogP contribution < -0.4 is 9.64 Å². The van der Waals surface area contributed by atoms with E-state index in [1.165, 1.54) is 24.1 Å². The number of rotatable bonds is 6. The summed E-state index contributed by atoms with van der Waals surface area (Å²) in [6, 6.07) is 21.0. The van der Waals surface area contributed by atoms with Crippen LogP contribution in [0.25, 0.3) is 5.76 Å². The van der Waals surface area contributed by atoms with Gasteiger partial charge in [-0.2, -0.15) is 0 Å². The van der Waals surface area contributed by atoms with E-state index in [9.17, 15) is 19.5 Å². The van der Waals surface area contributed by atoms with E-state index in [-0.39, 0.29) is 17.9 Å². The molecule has 0 radical (unpaired) electrons. The summed E-state index contributed by atoms with van der Waals surface area (Å²) < 4.78 is 10.2. The predicted octanol–water partition coefficient (Wildman–Crippen LogP) is 4.50. The van der Waals surface area contributed by atoms with E-state index in [0.29, 0.717) is 28.1 Å². The molecule has 7 nitrogen and oxygen atoms in total. The average Bonchev–Trinajstić information content (AvgIpc) is 3.14. The third kappa shape index (κ3) is 4.15. The number of amides is 1. The first-order chi connectivity index (χ1) is 16.5. The fourth-order valence-corrected chi connectivity index (χ4v) is 3.95. The molecule has 1 aliphatic heterocycles. The van der Waals surface area contributed by atoms with Gasteiger partial charge in [-0.3, -0.25) is 14.5 Å². The van der Waals surface area contributed by atoms with Crippen LogP contribution >= 0.6 is 0 Å². The standard InChI is InChI=1S/C27H23NO6/c1-3-34-27(32)18-12-14-20(15-13-18)28-23(17-8-5-4-6-9-17)22(25(30)26(28)31)24(29)19-10-7-11-21(16-19)33-2/h4-16,23,29H,3H2,1-2H3. The number of benzene rings is 3. The molecule has 1 atom stereocenters. The smallest absolute Gasteiger partial charge is 0.338 e.